The second-order valence-corrected chi connectivity index (χ2v) is 18.5. The lowest BCUT2D eigenvalue weighted by atomic mass is 9.79. The Labute approximate surface area is 302 Å². The first kappa shape index (κ1) is 34.4. The number of allylic oxidation sites excluding steroid dienone is 1. The van der Waals surface area contributed by atoms with Gasteiger partial charge in [0.15, 0.2) is 5.76 Å². The minimum Gasteiger partial charge on any atom is -0.534 e. The highest BCUT2D eigenvalue weighted by atomic mass is 28.4. The van der Waals surface area contributed by atoms with Crippen LogP contribution in [-0.4, -0.2) is 30.1 Å². The van der Waals surface area contributed by atoms with Crippen LogP contribution in [0.1, 0.15) is 56.7 Å². The number of oxazole rings is 1. The number of fused-ring (bicyclic) bond motifs is 1. The number of rotatable bonds is 11. The summed E-state index contributed by atoms with van der Waals surface area (Å²) in [4.78, 5) is 4.93. The SMILES string of the molecule is CC(C)(C)[Si](Oc1cccc2c1CCC=C2C(CCO)C(O)c1nc(-c2ccccc2)c(-c2ccccc2)o1)(c1ccccc1)c1ccccc1. The summed E-state index contributed by atoms with van der Waals surface area (Å²) in [6.45, 7) is 6.77. The van der Waals surface area contributed by atoms with Gasteiger partial charge in [0.2, 0.25) is 5.89 Å². The molecule has 1 aliphatic rings. The predicted octanol–water partition coefficient (Wildman–Crippen LogP) is 9.01. The first-order chi connectivity index (χ1) is 24.8. The predicted molar refractivity (Wildman–Crippen MR) is 209 cm³/mol. The lowest BCUT2D eigenvalue weighted by molar-refractivity contribution is 0.0918. The topological polar surface area (TPSA) is 75.7 Å². The molecule has 2 atom stereocenters. The standard InChI is InChI=1S/C45H45NO4Si/c1-45(2,3)51(34-22-12-6-13-23-34,35-24-14-7-15-25-35)50-40-29-17-27-36-37(26-16-28-38(36)40)39(30-31-47)42(48)44-46-41(32-18-8-4-9-19-32)43(49-44)33-20-10-5-11-21-33/h4-15,17-27,29,39,42,47-48H,16,28,30-31H2,1-3H3. The van der Waals surface area contributed by atoms with Crippen LogP contribution in [-0.2, 0) is 6.42 Å². The highest BCUT2D eigenvalue weighted by Crippen LogP contribution is 2.46. The molecule has 0 spiro atoms. The molecular formula is C45H45NO4Si. The van der Waals surface area contributed by atoms with E-state index in [0.29, 0.717) is 17.9 Å². The van der Waals surface area contributed by atoms with Gasteiger partial charge in [0.1, 0.15) is 17.5 Å². The van der Waals surface area contributed by atoms with E-state index < -0.39 is 20.3 Å². The van der Waals surface area contributed by atoms with E-state index in [1.807, 2.05) is 60.7 Å². The summed E-state index contributed by atoms with van der Waals surface area (Å²) < 4.78 is 14.0. The summed E-state index contributed by atoms with van der Waals surface area (Å²) >= 11 is 0. The van der Waals surface area contributed by atoms with Crippen LogP contribution in [0.15, 0.2) is 150 Å². The molecule has 1 heterocycles. The minimum absolute atomic E-state index is 0.0928. The molecule has 6 heteroatoms. The molecule has 1 aromatic heterocycles. The third-order valence-corrected chi connectivity index (χ3v) is 15.0. The molecule has 7 rings (SSSR count). The monoisotopic (exact) mass is 691 g/mol. The van der Waals surface area contributed by atoms with Crippen molar-refractivity contribution in [2.24, 2.45) is 5.92 Å². The lowest BCUT2D eigenvalue weighted by Gasteiger charge is -2.43. The molecule has 6 aromatic rings. The molecule has 0 saturated carbocycles. The molecule has 258 valence electrons. The maximum Gasteiger partial charge on any atom is 0.319 e. The maximum absolute atomic E-state index is 12.1. The normalized spacial score (nSPS) is 14.3. The Morgan fingerprint density at radius 3 is 1.88 bits per heavy atom. The minimum atomic E-state index is -2.89. The zero-order valence-corrected chi connectivity index (χ0v) is 30.5. The Kier molecular flexibility index (Phi) is 9.92. The van der Waals surface area contributed by atoms with Gasteiger partial charge in [0, 0.05) is 29.2 Å². The number of aliphatic hydroxyl groups is 2. The van der Waals surface area contributed by atoms with Gasteiger partial charge in [-0.25, -0.2) is 4.98 Å². The van der Waals surface area contributed by atoms with Crippen LogP contribution in [0.25, 0.3) is 28.2 Å². The Morgan fingerprint density at radius 2 is 1.31 bits per heavy atom. The molecule has 0 saturated heterocycles. The van der Waals surface area contributed by atoms with Gasteiger partial charge in [0.05, 0.1) is 0 Å². The molecule has 0 aliphatic heterocycles. The highest BCUT2D eigenvalue weighted by molar-refractivity contribution is 7.00. The van der Waals surface area contributed by atoms with E-state index >= 15 is 0 Å². The molecule has 0 amide bonds. The molecule has 2 unspecified atom stereocenters. The average molecular weight is 692 g/mol. The van der Waals surface area contributed by atoms with Crippen LogP contribution in [0.3, 0.4) is 0 Å². The van der Waals surface area contributed by atoms with Crippen LogP contribution >= 0.6 is 0 Å². The van der Waals surface area contributed by atoms with E-state index in [4.69, 9.17) is 13.8 Å². The molecule has 2 N–H and O–H groups in total. The van der Waals surface area contributed by atoms with Crippen LogP contribution in [0, 0.1) is 5.92 Å². The quantitative estimate of drug-likeness (QED) is 0.133. The number of benzene rings is 5. The van der Waals surface area contributed by atoms with Gasteiger partial charge in [-0.15, -0.1) is 0 Å². The van der Waals surface area contributed by atoms with Crippen molar-refractivity contribution in [3.8, 4) is 28.3 Å². The van der Waals surface area contributed by atoms with E-state index in [0.717, 1.165) is 46.4 Å². The number of aliphatic hydroxyl groups excluding tert-OH is 2. The average Bonchev–Trinajstić information content (AvgIpc) is 3.62. The van der Waals surface area contributed by atoms with Gasteiger partial charge >= 0.3 is 8.32 Å². The number of hydrogen-bond donors (Lipinski definition) is 2. The van der Waals surface area contributed by atoms with Crippen molar-refractivity contribution >= 4 is 24.3 Å². The largest absolute Gasteiger partial charge is 0.534 e. The Balaban J connectivity index is 1.31. The molecule has 5 aromatic carbocycles. The zero-order chi connectivity index (χ0) is 35.4. The van der Waals surface area contributed by atoms with Crippen molar-refractivity contribution in [3.05, 3.63) is 163 Å². The zero-order valence-electron chi connectivity index (χ0n) is 29.5. The third-order valence-electron chi connectivity index (χ3n) is 10.1. The van der Waals surface area contributed by atoms with Crippen molar-refractivity contribution in [1.29, 1.82) is 0 Å². The Hall–Kier alpha value is -5.01. The van der Waals surface area contributed by atoms with Gasteiger partial charge in [-0.1, -0.05) is 160 Å². The van der Waals surface area contributed by atoms with E-state index in [1.165, 1.54) is 10.4 Å². The molecule has 51 heavy (non-hydrogen) atoms. The Morgan fingerprint density at radius 1 is 0.745 bits per heavy atom. The van der Waals surface area contributed by atoms with E-state index in [1.54, 1.807) is 0 Å². The molecule has 1 aliphatic carbocycles. The fourth-order valence-electron chi connectivity index (χ4n) is 7.67. The Bertz CT molecular complexity index is 1990. The molecular weight excluding hydrogens is 647 g/mol. The smallest absolute Gasteiger partial charge is 0.319 e. The van der Waals surface area contributed by atoms with Gasteiger partial charge < -0.3 is 19.1 Å². The van der Waals surface area contributed by atoms with Gasteiger partial charge in [-0.3, -0.25) is 0 Å². The molecule has 5 nitrogen and oxygen atoms in total. The van der Waals surface area contributed by atoms with Crippen molar-refractivity contribution in [3.63, 3.8) is 0 Å². The van der Waals surface area contributed by atoms with Gasteiger partial charge in [0.25, 0.3) is 0 Å². The molecule has 0 fully saturated rings. The summed E-state index contributed by atoms with van der Waals surface area (Å²) in [5.41, 5.74) is 5.61. The summed E-state index contributed by atoms with van der Waals surface area (Å²) in [6.07, 6.45) is 3.06. The van der Waals surface area contributed by atoms with Crippen LogP contribution in [0.4, 0.5) is 0 Å². The summed E-state index contributed by atoms with van der Waals surface area (Å²) in [7, 11) is -2.89. The summed E-state index contributed by atoms with van der Waals surface area (Å²) in [6, 6.07) is 47.4. The second kappa shape index (κ2) is 14.7. The summed E-state index contributed by atoms with van der Waals surface area (Å²) in [5.74, 6) is 1.26. The van der Waals surface area contributed by atoms with E-state index in [9.17, 15) is 10.2 Å². The van der Waals surface area contributed by atoms with Crippen molar-refractivity contribution in [2.75, 3.05) is 6.61 Å². The maximum atomic E-state index is 12.1. The lowest BCUT2D eigenvalue weighted by Crippen LogP contribution is -2.68. The van der Waals surface area contributed by atoms with Crippen LogP contribution in [0.2, 0.25) is 5.04 Å². The van der Waals surface area contributed by atoms with Gasteiger partial charge in [-0.2, -0.15) is 0 Å². The van der Waals surface area contributed by atoms with Crippen molar-refractivity contribution < 1.29 is 19.1 Å². The van der Waals surface area contributed by atoms with E-state index in [2.05, 4.69) is 106 Å². The first-order valence-corrected chi connectivity index (χ1v) is 19.8. The van der Waals surface area contributed by atoms with Crippen molar-refractivity contribution in [2.45, 2.75) is 51.2 Å². The fraction of sp³-hybridized carbons (Fsp3) is 0.222. The summed E-state index contributed by atoms with van der Waals surface area (Å²) in [5, 5.41) is 24.8. The van der Waals surface area contributed by atoms with Gasteiger partial charge in [-0.05, 0) is 51.9 Å². The second-order valence-electron chi connectivity index (χ2n) is 14.3. The number of nitrogens with zero attached hydrogens (tertiary/aromatic N) is 1. The molecule has 0 bridgehead atoms. The van der Waals surface area contributed by atoms with Crippen molar-refractivity contribution in [1.82, 2.24) is 4.98 Å². The van der Waals surface area contributed by atoms with Crippen LogP contribution in [0.5, 0.6) is 5.75 Å². The number of hydrogen-bond acceptors (Lipinski definition) is 5. The highest BCUT2D eigenvalue weighted by Gasteiger charge is 2.52. The van der Waals surface area contributed by atoms with Crippen LogP contribution < -0.4 is 14.8 Å². The number of aromatic nitrogens is 1. The van der Waals surface area contributed by atoms with E-state index in [-0.39, 0.29) is 17.5 Å². The third kappa shape index (κ3) is 6.63. The molecule has 0 radical (unpaired) electrons. The fourth-order valence-corrected chi connectivity index (χ4v) is 12.1. The first-order valence-electron chi connectivity index (χ1n) is 17.8.